The number of hydrogen-bond acceptors (Lipinski definition) is 3. The number of aliphatic hydroxyl groups excluding tert-OH is 1. The van der Waals surface area contributed by atoms with Gasteiger partial charge in [-0.25, -0.2) is 0 Å². The molecule has 2 unspecified atom stereocenters. The van der Waals surface area contributed by atoms with Gasteiger partial charge in [-0.15, -0.1) is 0 Å². The Morgan fingerprint density at radius 1 is 1.26 bits per heavy atom. The predicted molar refractivity (Wildman–Crippen MR) is 94.1 cm³/mol. The molecule has 1 aliphatic carbocycles. The van der Waals surface area contributed by atoms with E-state index >= 15 is 0 Å². The highest BCUT2D eigenvalue weighted by Gasteiger charge is 2.33. The minimum Gasteiger partial charge on any atom is -0.504 e. The molecule has 0 saturated carbocycles. The second kappa shape index (κ2) is 7.39. The molecule has 0 radical (unpaired) electrons. The fourth-order valence-electron chi connectivity index (χ4n) is 3.88. The average Bonchev–Trinajstić information content (AvgIpc) is 2.50. The number of aryl methyl sites for hydroxylation is 1. The lowest BCUT2D eigenvalue weighted by molar-refractivity contribution is 0.185. The van der Waals surface area contributed by atoms with Crippen molar-refractivity contribution in [3.8, 4) is 11.5 Å². The fraction of sp³-hybridized carbons (Fsp3) is 0.600. The van der Waals surface area contributed by atoms with E-state index in [1.165, 1.54) is 5.57 Å². The first-order valence-corrected chi connectivity index (χ1v) is 8.66. The number of aliphatic hydroxyl groups is 1. The maximum absolute atomic E-state index is 10.4. The molecule has 2 rings (SSSR count). The summed E-state index contributed by atoms with van der Waals surface area (Å²) in [6, 6.07) is 2.01. The highest BCUT2D eigenvalue weighted by atomic mass is 16.3. The van der Waals surface area contributed by atoms with Gasteiger partial charge in [0.25, 0.3) is 0 Å². The van der Waals surface area contributed by atoms with Crippen LogP contribution in [-0.2, 0) is 0 Å². The summed E-state index contributed by atoms with van der Waals surface area (Å²) in [5, 5.41) is 30.3. The normalized spacial score (nSPS) is 21.6. The van der Waals surface area contributed by atoms with Gasteiger partial charge < -0.3 is 15.3 Å². The van der Waals surface area contributed by atoms with Crippen molar-refractivity contribution >= 4 is 0 Å². The van der Waals surface area contributed by atoms with Crippen LogP contribution in [0.5, 0.6) is 11.5 Å². The van der Waals surface area contributed by atoms with Crippen LogP contribution in [0.3, 0.4) is 0 Å². The van der Waals surface area contributed by atoms with E-state index in [-0.39, 0.29) is 35.9 Å². The number of benzene rings is 1. The first-order valence-electron chi connectivity index (χ1n) is 8.66. The summed E-state index contributed by atoms with van der Waals surface area (Å²) in [4.78, 5) is 0. The molecule has 3 heteroatoms. The molecule has 3 N–H and O–H groups in total. The number of phenolic OH excluding ortho intramolecular Hbond substituents is 2. The maximum Gasteiger partial charge on any atom is 0.161 e. The van der Waals surface area contributed by atoms with E-state index in [0.717, 1.165) is 36.8 Å². The van der Waals surface area contributed by atoms with Crippen LogP contribution in [-0.4, -0.2) is 21.9 Å². The van der Waals surface area contributed by atoms with Gasteiger partial charge in [-0.1, -0.05) is 24.6 Å². The first-order chi connectivity index (χ1) is 10.9. The smallest absolute Gasteiger partial charge is 0.161 e. The lowest BCUT2D eigenvalue weighted by atomic mass is 9.70. The molecule has 0 spiro atoms. The van der Waals surface area contributed by atoms with Crippen LogP contribution in [0.15, 0.2) is 17.7 Å². The van der Waals surface area contributed by atoms with Crippen molar-refractivity contribution in [1.29, 1.82) is 0 Å². The van der Waals surface area contributed by atoms with Gasteiger partial charge in [0.15, 0.2) is 11.5 Å². The molecule has 1 aromatic carbocycles. The van der Waals surface area contributed by atoms with Gasteiger partial charge in [0, 0.05) is 12.2 Å². The molecule has 0 aliphatic heterocycles. The van der Waals surface area contributed by atoms with Crippen molar-refractivity contribution in [3.63, 3.8) is 0 Å². The summed E-state index contributed by atoms with van der Waals surface area (Å²) in [6.07, 6.45) is 6.14. The van der Waals surface area contributed by atoms with Gasteiger partial charge >= 0.3 is 0 Å². The van der Waals surface area contributed by atoms with Gasteiger partial charge in [-0.05, 0) is 75.3 Å². The molecule has 0 aromatic heterocycles. The number of fused-ring (bicyclic) bond motifs is 1. The molecule has 3 nitrogen and oxygen atoms in total. The summed E-state index contributed by atoms with van der Waals surface area (Å²) in [7, 11) is 0. The fourth-order valence-corrected chi connectivity index (χ4v) is 3.88. The second-order valence-corrected chi connectivity index (χ2v) is 7.28. The molecule has 0 heterocycles. The highest BCUT2D eigenvalue weighted by Crippen LogP contribution is 2.50. The van der Waals surface area contributed by atoms with Crippen molar-refractivity contribution in [3.05, 3.63) is 34.4 Å². The van der Waals surface area contributed by atoms with Crippen molar-refractivity contribution in [2.45, 2.75) is 65.2 Å². The van der Waals surface area contributed by atoms with Crippen LogP contribution >= 0.6 is 0 Å². The SMILES string of the molecule is CC(C)=CCCC(CO)C1CC[C@@H](C)c2c1cc(C)c(O)c2O. The summed E-state index contributed by atoms with van der Waals surface area (Å²) >= 11 is 0. The first kappa shape index (κ1) is 17.9. The molecule has 1 aliphatic rings. The number of allylic oxidation sites excluding steroid dienone is 2. The summed E-state index contributed by atoms with van der Waals surface area (Å²) in [5.41, 5.74) is 4.01. The van der Waals surface area contributed by atoms with Crippen LogP contribution in [0.4, 0.5) is 0 Å². The largest absolute Gasteiger partial charge is 0.504 e. The quantitative estimate of drug-likeness (QED) is 0.543. The zero-order chi connectivity index (χ0) is 17.1. The van der Waals surface area contributed by atoms with Crippen LogP contribution in [0.2, 0.25) is 0 Å². The molecule has 0 saturated heterocycles. The third kappa shape index (κ3) is 3.72. The van der Waals surface area contributed by atoms with Crippen molar-refractivity contribution < 1.29 is 15.3 Å². The van der Waals surface area contributed by atoms with Crippen molar-refractivity contribution in [2.75, 3.05) is 6.61 Å². The van der Waals surface area contributed by atoms with Gasteiger partial charge in [0.1, 0.15) is 0 Å². The lowest BCUT2D eigenvalue weighted by Crippen LogP contribution is -2.23. The molecule has 1 aromatic rings. The topological polar surface area (TPSA) is 60.7 Å². The Kier molecular flexibility index (Phi) is 5.74. The van der Waals surface area contributed by atoms with E-state index in [0.29, 0.717) is 5.56 Å². The van der Waals surface area contributed by atoms with Crippen LogP contribution in [0.25, 0.3) is 0 Å². The number of hydrogen-bond donors (Lipinski definition) is 3. The highest BCUT2D eigenvalue weighted by molar-refractivity contribution is 5.56. The summed E-state index contributed by atoms with van der Waals surface area (Å²) in [5.74, 6) is 0.728. The molecule has 128 valence electrons. The Morgan fingerprint density at radius 3 is 2.57 bits per heavy atom. The molecule has 0 amide bonds. The minimum atomic E-state index is 0.00124. The Bertz CT molecular complexity index is 585. The standard InChI is InChI=1S/C20H30O3/c1-12(2)6-5-7-15(11-21)16-9-8-13(3)18-17(16)10-14(4)19(22)20(18)23/h6,10,13,15-16,21-23H,5,7-9,11H2,1-4H3/t13-,15?,16?/m1/s1. The maximum atomic E-state index is 10.4. The van der Waals surface area contributed by atoms with E-state index in [1.807, 2.05) is 13.0 Å². The second-order valence-electron chi connectivity index (χ2n) is 7.28. The number of phenols is 2. The number of rotatable bonds is 5. The molecule has 0 bridgehead atoms. The van der Waals surface area contributed by atoms with Crippen LogP contribution in [0, 0.1) is 12.8 Å². The Balaban J connectivity index is 2.35. The monoisotopic (exact) mass is 318 g/mol. The van der Waals surface area contributed by atoms with Gasteiger partial charge in [-0.3, -0.25) is 0 Å². The van der Waals surface area contributed by atoms with Gasteiger partial charge in [-0.2, -0.15) is 0 Å². The van der Waals surface area contributed by atoms with E-state index in [4.69, 9.17) is 0 Å². The molecule has 23 heavy (non-hydrogen) atoms. The molecular formula is C20H30O3. The van der Waals surface area contributed by atoms with E-state index < -0.39 is 0 Å². The lowest BCUT2D eigenvalue weighted by Gasteiger charge is -2.35. The van der Waals surface area contributed by atoms with Crippen molar-refractivity contribution in [1.82, 2.24) is 0 Å². The minimum absolute atomic E-state index is 0.00124. The molecule has 3 atom stereocenters. The van der Waals surface area contributed by atoms with E-state index in [2.05, 4.69) is 26.8 Å². The van der Waals surface area contributed by atoms with E-state index in [1.54, 1.807) is 0 Å². The zero-order valence-electron chi connectivity index (χ0n) is 14.8. The predicted octanol–water partition coefficient (Wildman–Crippen LogP) is 4.74. The Labute approximate surface area is 139 Å². The zero-order valence-corrected chi connectivity index (χ0v) is 14.8. The molecular weight excluding hydrogens is 288 g/mol. The summed E-state index contributed by atoms with van der Waals surface area (Å²) in [6.45, 7) is 8.27. The Hall–Kier alpha value is -1.48. The van der Waals surface area contributed by atoms with Crippen LogP contribution < -0.4 is 0 Å². The van der Waals surface area contributed by atoms with Gasteiger partial charge in [0.2, 0.25) is 0 Å². The van der Waals surface area contributed by atoms with E-state index in [9.17, 15) is 15.3 Å². The third-order valence-corrected chi connectivity index (χ3v) is 5.23. The van der Waals surface area contributed by atoms with Crippen molar-refractivity contribution in [2.24, 2.45) is 5.92 Å². The third-order valence-electron chi connectivity index (χ3n) is 5.23. The average molecular weight is 318 g/mol. The van der Waals surface area contributed by atoms with Crippen LogP contribution in [0.1, 0.15) is 75.0 Å². The number of aromatic hydroxyl groups is 2. The Morgan fingerprint density at radius 2 is 1.96 bits per heavy atom. The molecule has 0 fully saturated rings. The van der Waals surface area contributed by atoms with Gasteiger partial charge in [0.05, 0.1) is 0 Å². The summed E-state index contributed by atoms with van der Waals surface area (Å²) < 4.78 is 0.